The standard InChI is InChI=1S/C22H24N2O3S3/c1-4-16(3)29-19-10-11-20(15(2)13-19)23-22(25)17-7-5-8-18(14-17)24-30(26,27)21-9-6-12-28-21/h5-14,16,24H,4H2,1-3H3,(H,23,25). The summed E-state index contributed by atoms with van der Waals surface area (Å²) in [5.41, 5.74) is 2.43. The molecule has 0 aliphatic carbocycles. The Labute approximate surface area is 186 Å². The van der Waals surface area contributed by atoms with E-state index < -0.39 is 10.0 Å². The average molecular weight is 461 g/mol. The molecule has 5 nitrogen and oxygen atoms in total. The third-order valence-corrected chi connectivity index (χ3v) is 8.54. The van der Waals surface area contributed by atoms with Crippen molar-refractivity contribution in [3.63, 3.8) is 0 Å². The first-order valence-corrected chi connectivity index (χ1v) is 12.8. The minimum atomic E-state index is -3.66. The molecule has 1 amide bonds. The van der Waals surface area contributed by atoms with Crippen molar-refractivity contribution in [2.24, 2.45) is 0 Å². The molecule has 1 unspecified atom stereocenters. The summed E-state index contributed by atoms with van der Waals surface area (Å²) < 4.78 is 27.6. The van der Waals surface area contributed by atoms with Gasteiger partial charge in [-0.3, -0.25) is 9.52 Å². The third-order valence-electron chi connectivity index (χ3n) is 4.50. The van der Waals surface area contributed by atoms with E-state index in [1.54, 1.807) is 29.6 Å². The van der Waals surface area contributed by atoms with Crippen LogP contribution in [0.25, 0.3) is 0 Å². The van der Waals surface area contributed by atoms with E-state index >= 15 is 0 Å². The molecule has 0 aliphatic heterocycles. The van der Waals surface area contributed by atoms with E-state index in [1.165, 1.54) is 17.0 Å². The number of nitrogens with one attached hydrogen (secondary N) is 2. The summed E-state index contributed by atoms with van der Waals surface area (Å²) in [4.78, 5) is 13.9. The second kappa shape index (κ2) is 9.68. The molecule has 0 fully saturated rings. The second-order valence-electron chi connectivity index (χ2n) is 6.89. The Morgan fingerprint density at radius 3 is 2.60 bits per heavy atom. The van der Waals surface area contributed by atoms with E-state index in [2.05, 4.69) is 30.0 Å². The first-order valence-electron chi connectivity index (χ1n) is 9.53. The summed E-state index contributed by atoms with van der Waals surface area (Å²) in [6, 6.07) is 15.6. The Bertz CT molecular complexity index is 1130. The molecule has 0 radical (unpaired) electrons. The number of benzene rings is 2. The maximum atomic E-state index is 12.7. The van der Waals surface area contributed by atoms with Gasteiger partial charge in [0, 0.05) is 27.1 Å². The zero-order valence-corrected chi connectivity index (χ0v) is 19.5. The first-order chi connectivity index (χ1) is 14.3. The molecule has 0 spiro atoms. The number of carbonyl (C=O) groups excluding carboxylic acids is 1. The van der Waals surface area contributed by atoms with Gasteiger partial charge in [0.1, 0.15) is 4.21 Å². The molecule has 0 aliphatic rings. The van der Waals surface area contributed by atoms with Gasteiger partial charge in [-0.2, -0.15) is 0 Å². The fourth-order valence-electron chi connectivity index (χ4n) is 2.71. The van der Waals surface area contributed by atoms with Crippen molar-refractivity contribution in [1.82, 2.24) is 0 Å². The summed E-state index contributed by atoms with van der Waals surface area (Å²) in [5, 5.41) is 5.15. The number of thiophene rings is 1. The normalized spacial score (nSPS) is 12.4. The van der Waals surface area contributed by atoms with Crippen molar-refractivity contribution >= 4 is 50.4 Å². The smallest absolute Gasteiger partial charge is 0.271 e. The van der Waals surface area contributed by atoms with Gasteiger partial charge in [-0.1, -0.05) is 26.0 Å². The number of anilines is 2. The lowest BCUT2D eigenvalue weighted by atomic mass is 10.1. The van der Waals surface area contributed by atoms with Crippen LogP contribution >= 0.6 is 23.1 Å². The zero-order valence-electron chi connectivity index (χ0n) is 17.0. The lowest BCUT2D eigenvalue weighted by Gasteiger charge is -2.13. The summed E-state index contributed by atoms with van der Waals surface area (Å²) in [6.45, 7) is 6.31. The second-order valence-corrected chi connectivity index (χ2v) is 11.3. The molecule has 1 atom stereocenters. The zero-order chi connectivity index (χ0) is 21.7. The largest absolute Gasteiger partial charge is 0.322 e. The number of aryl methyl sites for hydroxylation is 1. The Hall–Kier alpha value is -2.29. The van der Waals surface area contributed by atoms with Crippen LogP contribution in [-0.4, -0.2) is 19.6 Å². The minimum absolute atomic E-state index is 0.225. The molecule has 2 aromatic carbocycles. The SMILES string of the molecule is CCC(C)Sc1ccc(NC(=O)c2cccc(NS(=O)(=O)c3cccs3)c2)c(C)c1. The summed E-state index contributed by atoms with van der Waals surface area (Å²) in [7, 11) is -3.66. The molecule has 1 heterocycles. The van der Waals surface area contributed by atoms with Crippen molar-refractivity contribution in [2.75, 3.05) is 10.0 Å². The maximum absolute atomic E-state index is 12.7. The molecule has 0 saturated heterocycles. The molecule has 3 aromatic rings. The van der Waals surface area contributed by atoms with Crippen molar-refractivity contribution in [3.05, 3.63) is 71.1 Å². The van der Waals surface area contributed by atoms with Gasteiger partial charge in [-0.05, 0) is 66.8 Å². The Morgan fingerprint density at radius 1 is 1.13 bits per heavy atom. The van der Waals surface area contributed by atoms with Crippen LogP contribution in [0, 0.1) is 6.92 Å². The number of amides is 1. The van der Waals surface area contributed by atoms with Crippen LogP contribution in [0.4, 0.5) is 11.4 Å². The van der Waals surface area contributed by atoms with Gasteiger partial charge in [-0.15, -0.1) is 23.1 Å². The van der Waals surface area contributed by atoms with Crippen LogP contribution in [0.2, 0.25) is 0 Å². The van der Waals surface area contributed by atoms with Gasteiger partial charge in [0.15, 0.2) is 0 Å². The van der Waals surface area contributed by atoms with Crippen LogP contribution < -0.4 is 10.0 Å². The molecule has 3 rings (SSSR count). The van der Waals surface area contributed by atoms with Crippen molar-refractivity contribution in [2.45, 2.75) is 41.5 Å². The van der Waals surface area contributed by atoms with Crippen LogP contribution in [0.3, 0.4) is 0 Å². The molecule has 0 saturated carbocycles. The van der Waals surface area contributed by atoms with Gasteiger partial charge in [0.2, 0.25) is 0 Å². The van der Waals surface area contributed by atoms with Crippen molar-refractivity contribution in [3.8, 4) is 0 Å². The summed E-state index contributed by atoms with van der Waals surface area (Å²) in [6.07, 6.45) is 1.09. The highest BCUT2D eigenvalue weighted by molar-refractivity contribution is 8.00. The monoisotopic (exact) mass is 460 g/mol. The highest BCUT2D eigenvalue weighted by Gasteiger charge is 2.16. The predicted octanol–water partition coefficient (Wildman–Crippen LogP) is 6.00. The number of rotatable bonds is 8. The topological polar surface area (TPSA) is 75.3 Å². The van der Waals surface area contributed by atoms with Gasteiger partial charge in [0.05, 0.1) is 0 Å². The fourth-order valence-corrected chi connectivity index (χ4v) is 5.77. The molecular weight excluding hydrogens is 436 g/mol. The van der Waals surface area contributed by atoms with Gasteiger partial charge in [0.25, 0.3) is 15.9 Å². The van der Waals surface area contributed by atoms with Crippen LogP contribution in [0.15, 0.2) is 69.1 Å². The lowest BCUT2D eigenvalue weighted by Crippen LogP contribution is -2.15. The number of thioether (sulfide) groups is 1. The van der Waals surface area contributed by atoms with Crippen LogP contribution in [0.5, 0.6) is 0 Å². The van der Waals surface area contributed by atoms with Gasteiger partial charge in [-0.25, -0.2) is 8.42 Å². The molecular formula is C22H24N2O3S3. The Kier molecular flexibility index (Phi) is 7.23. The van der Waals surface area contributed by atoms with Gasteiger partial charge < -0.3 is 5.32 Å². The molecule has 0 bridgehead atoms. The molecule has 30 heavy (non-hydrogen) atoms. The van der Waals surface area contributed by atoms with Crippen LogP contribution in [0.1, 0.15) is 36.2 Å². The minimum Gasteiger partial charge on any atom is -0.322 e. The Morgan fingerprint density at radius 2 is 1.93 bits per heavy atom. The Balaban J connectivity index is 1.73. The third kappa shape index (κ3) is 5.65. The van der Waals surface area contributed by atoms with E-state index in [4.69, 9.17) is 0 Å². The number of hydrogen-bond acceptors (Lipinski definition) is 5. The summed E-state index contributed by atoms with van der Waals surface area (Å²) in [5.74, 6) is -0.294. The first kappa shape index (κ1) is 22.4. The quantitative estimate of drug-likeness (QED) is 0.404. The predicted molar refractivity (Wildman–Crippen MR) is 126 cm³/mol. The lowest BCUT2D eigenvalue weighted by molar-refractivity contribution is 0.102. The highest BCUT2D eigenvalue weighted by Crippen LogP contribution is 2.29. The van der Waals surface area contributed by atoms with Crippen molar-refractivity contribution in [1.29, 1.82) is 0 Å². The molecule has 158 valence electrons. The maximum Gasteiger partial charge on any atom is 0.271 e. The number of carbonyl (C=O) groups is 1. The molecule has 2 N–H and O–H groups in total. The number of sulfonamides is 1. The van der Waals surface area contributed by atoms with E-state index in [9.17, 15) is 13.2 Å². The summed E-state index contributed by atoms with van der Waals surface area (Å²) >= 11 is 2.95. The van der Waals surface area contributed by atoms with E-state index in [0.717, 1.165) is 29.0 Å². The van der Waals surface area contributed by atoms with Crippen LogP contribution in [-0.2, 0) is 10.0 Å². The average Bonchev–Trinajstić information content (AvgIpc) is 3.26. The molecule has 8 heteroatoms. The van der Waals surface area contributed by atoms with Crippen molar-refractivity contribution < 1.29 is 13.2 Å². The molecule has 1 aromatic heterocycles. The fraction of sp³-hybridized carbons (Fsp3) is 0.227. The number of hydrogen-bond donors (Lipinski definition) is 2. The highest BCUT2D eigenvalue weighted by atomic mass is 32.2. The van der Waals surface area contributed by atoms with Gasteiger partial charge >= 0.3 is 0 Å². The van der Waals surface area contributed by atoms with E-state index in [0.29, 0.717) is 16.5 Å². The van der Waals surface area contributed by atoms with E-state index in [-0.39, 0.29) is 10.1 Å². The van der Waals surface area contributed by atoms with E-state index in [1.807, 2.05) is 30.8 Å².